The van der Waals surface area contributed by atoms with Crippen molar-refractivity contribution in [3.63, 3.8) is 0 Å². The van der Waals surface area contributed by atoms with E-state index in [2.05, 4.69) is 6.92 Å². The fourth-order valence-corrected chi connectivity index (χ4v) is 4.30. The molecule has 0 saturated heterocycles. The highest BCUT2D eigenvalue weighted by Crippen LogP contribution is 2.43. The Hall–Kier alpha value is -2.30. The minimum absolute atomic E-state index is 0.0107. The Balaban J connectivity index is 2.06. The lowest BCUT2D eigenvalue weighted by Crippen LogP contribution is -2.17. The molecule has 144 valence electrons. The fourth-order valence-electron chi connectivity index (χ4n) is 4.30. The zero-order valence-electron chi connectivity index (χ0n) is 15.3. The number of rotatable bonds is 5. The topological polar surface area (TPSA) is 37.3 Å². The zero-order valence-corrected chi connectivity index (χ0v) is 15.3. The van der Waals surface area contributed by atoms with Gasteiger partial charge in [-0.25, -0.2) is 18.0 Å². The van der Waals surface area contributed by atoms with E-state index < -0.39 is 23.4 Å². The lowest BCUT2D eigenvalue weighted by Gasteiger charge is -2.31. The molecule has 2 aromatic rings. The number of aromatic carboxylic acids is 1. The Labute approximate surface area is 157 Å². The second-order valence-corrected chi connectivity index (χ2v) is 7.33. The van der Waals surface area contributed by atoms with Crippen LogP contribution in [0.4, 0.5) is 13.2 Å². The van der Waals surface area contributed by atoms with Gasteiger partial charge in [-0.15, -0.1) is 0 Å². The molecule has 3 rings (SSSR count). The van der Waals surface area contributed by atoms with Gasteiger partial charge in [0.05, 0.1) is 5.56 Å². The molecular weight excluding hydrogens is 353 g/mol. The Morgan fingerprint density at radius 3 is 2.26 bits per heavy atom. The van der Waals surface area contributed by atoms with E-state index in [1.807, 2.05) is 0 Å². The maximum Gasteiger partial charge on any atom is 0.335 e. The Kier molecular flexibility index (Phi) is 5.88. The van der Waals surface area contributed by atoms with E-state index in [0.29, 0.717) is 17.0 Å². The van der Waals surface area contributed by atoms with Gasteiger partial charge in [0.25, 0.3) is 0 Å². The van der Waals surface area contributed by atoms with Crippen LogP contribution in [0, 0.1) is 23.4 Å². The van der Waals surface area contributed by atoms with Crippen LogP contribution < -0.4 is 0 Å². The summed E-state index contributed by atoms with van der Waals surface area (Å²) in [5.74, 6) is -4.48. The van der Waals surface area contributed by atoms with Crippen molar-refractivity contribution in [3.8, 4) is 11.1 Å². The molecule has 0 bridgehead atoms. The van der Waals surface area contributed by atoms with Crippen LogP contribution in [-0.2, 0) is 0 Å². The van der Waals surface area contributed by atoms with Crippen molar-refractivity contribution in [3.05, 3.63) is 58.9 Å². The van der Waals surface area contributed by atoms with Crippen LogP contribution in [-0.4, -0.2) is 11.1 Å². The molecule has 0 unspecified atom stereocenters. The Bertz CT molecular complexity index is 816. The van der Waals surface area contributed by atoms with E-state index in [0.717, 1.165) is 50.7 Å². The number of benzene rings is 2. The molecular formula is C22H23F3O2. The summed E-state index contributed by atoms with van der Waals surface area (Å²) in [6.07, 6.45) is 5.99. The van der Waals surface area contributed by atoms with Gasteiger partial charge in [-0.1, -0.05) is 31.9 Å². The average Bonchev–Trinajstić information content (AvgIpc) is 2.66. The third-order valence-corrected chi connectivity index (χ3v) is 5.58. The first-order chi connectivity index (χ1) is 12.9. The molecule has 0 heterocycles. The predicted octanol–water partition coefficient (Wildman–Crippen LogP) is 6.54. The predicted molar refractivity (Wildman–Crippen MR) is 98.3 cm³/mol. The summed E-state index contributed by atoms with van der Waals surface area (Å²) in [6, 6.07) is 6.61. The highest BCUT2D eigenvalue weighted by molar-refractivity contribution is 5.92. The van der Waals surface area contributed by atoms with Crippen LogP contribution in [0.5, 0.6) is 0 Å². The fraction of sp³-hybridized carbons (Fsp3) is 0.409. The standard InChI is InChI=1S/C22H23F3O2/c1-2-4-13-7-9-14(10-8-13)20-16(5-3-6-17(20)22(26)27)15-11-18(23)21(25)19(24)12-15/h3,5-6,11-14H,2,4,7-10H2,1H3,(H,26,27)/t13-,14-. The molecule has 0 spiro atoms. The van der Waals surface area contributed by atoms with Crippen LogP contribution >= 0.6 is 0 Å². The number of carboxylic acids is 1. The van der Waals surface area contributed by atoms with E-state index in [-0.39, 0.29) is 17.0 Å². The lowest BCUT2D eigenvalue weighted by molar-refractivity contribution is 0.0694. The maximum atomic E-state index is 13.8. The molecule has 2 aromatic carbocycles. The molecule has 0 atom stereocenters. The van der Waals surface area contributed by atoms with Crippen molar-refractivity contribution in [1.82, 2.24) is 0 Å². The third-order valence-electron chi connectivity index (χ3n) is 5.58. The van der Waals surface area contributed by atoms with Crippen molar-refractivity contribution >= 4 is 5.97 Å². The van der Waals surface area contributed by atoms with E-state index in [1.165, 1.54) is 6.07 Å². The van der Waals surface area contributed by atoms with Gasteiger partial charge in [0.1, 0.15) is 0 Å². The van der Waals surface area contributed by atoms with Crippen molar-refractivity contribution < 1.29 is 23.1 Å². The molecule has 0 aliphatic heterocycles. The summed E-state index contributed by atoms with van der Waals surface area (Å²) >= 11 is 0. The quantitative estimate of drug-likeness (QED) is 0.601. The molecule has 2 nitrogen and oxygen atoms in total. The maximum absolute atomic E-state index is 13.8. The van der Waals surface area contributed by atoms with Crippen molar-refractivity contribution in [2.24, 2.45) is 5.92 Å². The molecule has 1 aliphatic rings. The SMILES string of the molecule is CCC[C@H]1CC[C@H](c2c(C(=O)O)cccc2-c2cc(F)c(F)c(F)c2)CC1. The molecule has 27 heavy (non-hydrogen) atoms. The van der Waals surface area contributed by atoms with Crippen LogP contribution in [0.25, 0.3) is 11.1 Å². The number of carboxylic acid groups (broad SMARTS) is 1. The summed E-state index contributed by atoms with van der Waals surface area (Å²) in [5, 5.41) is 9.65. The first-order valence-corrected chi connectivity index (χ1v) is 9.43. The minimum Gasteiger partial charge on any atom is -0.478 e. The summed E-state index contributed by atoms with van der Waals surface area (Å²) in [4.78, 5) is 11.8. The molecule has 1 saturated carbocycles. The third kappa shape index (κ3) is 4.02. The first-order valence-electron chi connectivity index (χ1n) is 9.43. The highest BCUT2D eigenvalue weighted by atomic mass is 19.2. The Morgan fingerprint density at radius 2 is 1.70 bits per heavy atom. The van der Waals surface area contributed by atoms with Gasteiger partial charge >= 0.3 is 5.97 Å². The van der Waals surface area contributed by atoms with Gasteiger partial charge in [-0.2, -0.15) is 0 Å². The van der Waals surface area contributed by atoms with Gasteiger partial charge in [0.2, 0.25) is 0 Å². The van der Waals surface area contributed by atoms with Crippen molar-refractivity contribution in [2.45, 2.75) is 51.4 Å². The number of hydrogen-bond acceptors (Lipinski definition) is 1. The second-order valence-electron chi connectivity index (χ2n) is 7.33. The van der Waals surface area contributed by atoms with E-state index in [1.54, 1.807) is 12.1 Å². The van der Waals surface area contributed by atoms with Crippen LogP contribution in [0.1, 0.15) is 67.3 Å². The van der Waals surface area contributed by atoms with Gasteiger partial charge < -0.3 is 5.11 Å². The monoisotopic (exact) mass is 376 g/mol. The van der Waals surface area contributed by atoms with Gasteiger partial charge in [-0.05, 0) is 72.4 Å². The molecule has 1 fully saturated rings. The average molecular weight is 376 g/mol. The van der Waals surface area contributed by atoms with Gasteiger partial charge in [0.15, 0.2) is 17.5 Å². The highest BCUT2D eigenvalue weighted by Gasteiger charge is 2.28. The van der Waals surface area contributed by atoms with E-state index in [9.17, 15) is 23.1 Å². The van der Waals surface area contributed by atoms with E-state index >= 15 is 0 Å². The van der Waals surface area contributed by atoms with Crippen molar-refractivity contribution in [1.29, 1.82) is 0 Å². The second kappa shape index (κ2) is 8.15. The van der Waals surface area contributed by atoms with Crippen LogP contribution in [0.2, 0.25) is 0 Å². The molecule has 0 amide bonds. The number of hydrogen-bond donors (Lipinski definition) is 1. The zero-order chi connectivity index (χ0) is 19.6. The number of carbonyl (C=O) groups is 1. The smallest absolute Gasteiger partial charge is 0.335 e. The van der Waals surface area contributed by atoms with Gasteiger partial charge in [0, 0.05) is 0 Å². The van der Waals surface area contributed by atoms with Gasteiger partial charge in [-0.3, -0.25) is 0 Å². The summed E-state index contributed by atoms with van der Waals surface area (Å²) in [5.41, 5.74) is 1.38. The molecule has 0 radical (unpaired) electrons. The summed E-state index contributed by atoms with van der Waals surface area (Å²) in [6.45, 7) is 2.15. The molecule has 0 aromatic heterocycles. The van der Waals surface area contributed by atoms with Crippen molar-refractivity contribution in [2.75, 3.05) is 0 Å². The van der Waals surface area contributed by atoms with Crippen LogP contribution in [0.3, 0.4) is 0 Å². The summed E-state index contributed by atoms with van der Waals surface area (Å²) in [7, 11) is 0. The Morgan fingerprint density at radius 1 is 1.07 bits per heavy atom. The molecule has 5 heteroatoms. The van der Waals surface area contributed by atoms with E-state index in [4.69, 9.17) is 0 Å². The van der Waals surface area contributed by atoms with Crippen LogP contribution in [0.15, 0.2) is 30.3 Å². The first kappa shape index (κ1) is 19.5. The summed E-state index contributed by atoms with van der Waals surface area (Å²) < 4.78 is 40.9. The normalized spacial score (nSPS) is 19.9. The lowest BCUT2D eigenvalue weighted by atomic mass is 9.74. The number of halogens is 3. The minimum atomic E-state index is -1.52. The molecule has 1 aliphatic carbocycles. The molecule has 1 N–H and O–H groups in total. The largest absolute Gasteiger partial charge is 0.478 e.